The van der Waals surface area contributed by atoms with Crippen LogP contribution in [0.15, 0.2) is 0 Å². The lowest BCUT2D eigenvalue weighted by molar-refractivity contribution is -0.136. The summed E-state index contributed by atoms with van der Waals surface area (Å²) in [4.78, 5) is 8.08. The standard InChI is InChI=1S/C17H33N3/c1-16(2,3)13-8-18(9-13)12-19-10-14-7-15(11-19)20(14)17(4,5)6/h13-15H,7-12H2,1-6H3. The Bertz CT molecular complexity index is 347. The summed E-state index contributed by atoms with van der Waals surface area (Å²) < 4.78 is 0. The Balaban J connectivity index is 1.45. The summed E-state index contributed by atoms with van der Waals surface area (Å²) in [6.07, 6.45) is 1.43. The van der Waals surface area contributed by atoms with Gasteiger partial charge in [-0.3, -0.25) is 14.7 Å². The Kier molecular flexibility index (Phi) is 3.47. The zero-order valence-electron chi connectivity index (χ0n) is 14.3. The Labute approximate surface area is 125 Å². The summed E-state index contributed by atoms with van der Waals surface area (Å²) in [7, 11) is 0. The Morgan fingerprint density at radius 3 is 1.75 bits per heavy atom. The third-order valence-electron chi connectivity index (χ3n) is 5.63. The van der Waals surface area contributed by atoms with E-state index in [9.17, 15) is 0 Å². The third-order valence-corrected chi connectivity index (χ3v) is 5.63. The van der Waals surface area contributed by atoms with E-state index in [0.29, 0.717) is 11.0 Å². The smallest absolute Gasteiger partial charge is 0.0507 e. The zero-order valence-corrected chi connectivity index (χ0v) is 14.3. The number of hydrogen-bond acceptors (Lipinski definition) is 3. The average molecular weight is 279 g/mol. The van der Waals surface area contributed by atoms with Crippen molar-refractivity contribution in [2.24, 2.45) is 11.3 Å². The molecule has 4 saturated heterocycles. The topological polar surface area (TPSA) is 9.72 Å². The Hall–Kier alpha value is -0.120. The fourth-order valence-corrected chi connectivity index (χ4v) is 4.42. The molecule has 20 heavy (non-hydrogen) atoms. The normalized spacial score (nSPS) is 33.9. The van der Waals surface area contributed by atoms with Gasteiger partial charge in [-0.2, -0.15) is 0 Å². The largest absolute Gasteiger partial charge is 0.290 e. The molecule has 0 saturated carbocycles. The average Bonchev–Trinajstić information content (AvgIpc) is 2.18. The summed E-state index contributed by atoms with van der Waals surface area (Å²) in [6, 6.07) is 1.63. The van der Waals surface area contributed by atoms with E-state index in [1.807, 2.05) is 0 Å². The molecule has 0 amide bonds. The first-order chi connectivity index (χ1) is 9.14. The van der Waals surface area contributed by atoms with Gasteiger partial charge < -0.3 is 0 Å². The van der Waals surface area contributed by atoms with Crippen LogP contribution in [-0.2, 0) is 0 Å². The molecule has 4 fully saturated rings. The van der Waals surface area contributed by atoms with E-state index in [1.165, 1.54) is 39.3 Å². The van der Waals surface area contributed by atoms with Gasteiger partial charge in [-0.15, -0.1) is 0 Å². The molecule has 116 valence electrons. The molecule has 0 aromatic carbocycles. The Morgan fingerprint density at radius 1 is 0.800 bits per heavy atom. The lowest BCUT2D eigenvalue weighted by Gasteiger charge is -2.62. The number of piperazine rings is 1. The van der Waals surface area contributed by atoms with Gasteiger partial charge in [0, 0.05) is 43.8 Å². The van der Waals surface area contributed by atoms with Crippen molar-refractivity contribution >= 4 is 0 Å². The lowest BCUT2D eigenvalue weighted by Crippen LogP contribution is -2.74. The van der Waals surface area contributed by atoms with Crippen LogP contribution in [0.25, 0.3) is 0 Å². The van der Waals surface area contributed by atoms with Crippen molar-refractivity contribution in [1.82, 2.24) is 14.7 Å². The van der Waals surface area contributed by atoms with E-state index in [2.05, 4.69) is 56.2 Å². The first-order valence-corrected chi connectivity index (χ1v) is 8.38. The molecule has 4 aliphatic heterocycles. The van der Waals surface area contributed by atoms with Gasteiger partial charge in [0.1, 0.15) is 0 Å². The van der Waals surface area contributed by atoms with Crippen LogP contribution in [0.1, 0.15) is 48.0 Å². The number of nitrogens with zero attached hydrogens (tertiary/aromatic N) is 3. The van der Waals surface area contributed by atoms with Gasteiger partial charge in [0.25, 0.3) is 0 Å². The minimum atomic E-state index is 0.355. The molecule has 4 heterocycles. The molecule has 0 radical (unpaired) electrons. The molecule has 4 aliphatic rings. The summed E-state index contributed by atoms with van der Waals surface area (Å²) >= 11 is 0. The van der Waals surface area contributed by atoms with Gasteiger partial charge in [-0.1, -0.05) is 20.8 Å². The van der Waals surface area contributed by atoms with E-state index in [1.54, 1.807) is 0 Å². The number of hydrogen-bond donors (Lipinski definition) is 0. The first kappa shape index (κ1) is 14.8. The van der Waals surface area contributed by atoms with Crippen LogP contribution in [-0.4, -0.2) is 65.2 Å². The minimum absolute atomic E-state index is 0.355. The molecule has 2 unspecified atom stereocenters. The van der Waals surface area contributed by atoms with Crippen molar-refractivity contribution in [3.05, 3.63) is 0 Å². The zero-order chi connectivity index (χ0) is 14.7. The quantitative estimate of drug-likeness (QED) is 0.769. The lowest BCUT2D eigenvalue weighted by atomic mass is 9.76. The SMILES string of the molecule is CC(C)(C)C1CN(CN2CC3CC(C2)N3C(C)(C)C)C1. The second kappa shape index (κ2) is 4.69. The highest BCUT2D eigenvalue weighted by Crippen LogP contribution is 2.39. The second-order valence-electron chi connectivity index (χ2n) is 9.40. The summed E-state index contributed by atoms with van der Waals surface area (Å²) in [5, 5.41) is 0. The van der Waals surface area contributed by atoms with Crippen molar-refractivity contribution in [3.63, 3.8) is 0 Å². The Morgan fingerprint density at radius 2 is 1.30 bits per heavy atom. The van der Waals surface area contributed by atoms with Crippen molar-refractivity contribution in [1.29, 1.82) is 0 Å². The molecule has 0 spiro atoms. The molecular formula is C17H33N3. The first-order valence-electron chi connectivity index (χ1n) is 8.38. The van der Waals surface area contributed by atoms with E-state index < -0.39 is 0 Å². The maximum absolute atomic E-state index is 2.75. The van der Waals surface area contributed by atoms with Crippen LogP contribution in [0, 0.1) is 11.3 Å². The van der Waals surface area contributed by atoms with E-state index in [4.69, 9.17) is 0 Å². The fourth-order valence-electron chi connectivity index (χ4n) is 4.42. The predicted octanol–water partition coefficient (Wildman–Crippen LogP) is 2.48. The van der Waals surface area contributed by atoms with Crippen molar-refractivity contribution in [2.75, 3.05) is 32.8 Å². The maximum atomic E-state index is 2.75. The predicted molar refractivity (Wildman–Crippen MR) is 84.7 cm³/mol. The number of piperidine rings is 1. The van der Waals surface area contributed by atoms with Crippen LogP contribution in [0.3, 0.4) is 0 Å². The van der Waals surface area contributed by atoms with E-state index in [-0.39, 0.29) is 0 Å². The maximum Gasteiger partial charge on any atom is 0.0507 e. The molecule has 0 N–H and O–H groups in total. The van der Waals surface area contributed by atoms with E-state index in [0.717, 1.165) is 18.0 Å². The van der Waals surface area contributed by atoms with Crippen LogP contribution >= 0.6 is 0 Å². The third kappa shape index (κ3) is 2.65. The van der Waals surface area contributed by atoms with Gasteiger partial charge in [0.05, 0.1) is 6.67 Å². The van der Waals surface area contributed by atoms with Gasteiger partial charge >= 0.3 is 0 Å². The monoisotopic (exact) mass is 279 g/mol. The van der Waals surface area contributed by atoms with Crippen LogP contribution in [0.2, 0.25) is 0 Å². The molecule has 3 nitrogen and oxygen atoms in total. The summed E-state index contributed by atoms with van der Waals surface area (Å²) in [5.41, 5.74) is 0.845. The molecule has 2 atom stereocenters. The minimum Gasteiger partial charge on any atom is -0.290 e. The molecule has 4 rings (SSSR count). The van der Waals surface area contributed by atoms with Gasteiger partial charge in [-0.25, -0.2) is 0 Å². The van der Waals surface area contributed by atoms with Crippen LogP contribution < -0.4 is 0 Å². The summed E-state index contributed by atoms with van der Waals surface area (Å²) in [5.74, 6) is 0.896. The van der Waals surface area contributed by atoms with Crippen molar-refractivity contribution in [3.8, 4) is 0 Å². The van der Waals surface area contributed by atoms with Crippen LogP contribution in [0.4, 0.5) is 0 Å². The van der Waals surface area contributed by atoms with Gasteiger partial charge in [-0.05, 0) is 38.5 Å². The highest BCUT2D eigenvalue weighted by Gasteiger charge is 2.49. The van der Waals surface area contributed by atoms with E-state index >= 15 is 0 Å². The summed E-state index contributed by atoms with van der Waals surface area (Å²) in [6.45, 7) is 20.6. The number of likely N-dealkylation sites (tertiary alicyclic amines) is 1. The molecule has 2 bridgehead atoms. The molecule has 0 aromatic heterocycles. The fraction of sp³-hybridized carbons (Fsp3) is 1.00. The van der Waals surface area contributed by atoms with Gasteiger partial charge in [0.15, 0.2) is 0 Å². The second-order valence-corrected chi connectivity index (χ2v) is 9.40. The molecule has 0 aromatic rings. The van der Waals surface area contributed by atoms with Crippen LogP contribution in [0.5, 0.6) is 0 Å². The number of rotatable bonds is 2. The molecular weight excluding hydrogens is 246 g/mol. The van der Waals surface area contributed by atoms with Crippen molar-refractivity contribution < 1.29 is 0 Å². The van der Waals surface area contributed by atoms with Crippen molar-refractivity contribution in [2.45, 2.75) is 65.6 Å². The highest BCUT2D eigenvalue weighted by molar-refractivity contribution is 5.05. The highest BCUT2D eigenvalue weighted by atomic mass is 15.4. The molecule has 0 aliphatic carbocycles. The van der Waals surface area contributed by atoms with Gasteiger partial charge in [0.2, 0.25) is 0 Å². The number of fused-ring (bicyclic) bond motifs is 2. The molecule has 3 heteroatoms.